The molecule has 5 heteroatoms. The number of hydrogen-bond donors (Lipinski definition) is 1. The fourth-order valence-electron chi connectivity index (χ4n) is 1.77. The Labute approximate surface area is 108 Å². The van der Waals surface area contributed by atoms with E-state index >= 15 is 0 Å². The summed E-state index contributed by atoms with van der Waals surface area (Å²) in [5.41, 5.74) is 0.709. The largest absolute Gasteiger partial charge is 0.476 e. The highest BCUT2D eigenvalue weighted by Crippen LogP contribution is 2.20. The van der Waals surface area contributed by atoms with Gasteiger partial charge in [0.25, 0.3) is 0 Å². The Morgan fingerprint density at radius 2 is 2.11 bits per heavy atom. The normalized spacial score (nSPS) is 10.7. The van der Waals surface area contributed by atoms with Crippen LogP contribution in [0, 0.1) is 0 Å². The van der Waals surface area contributed by atoms with Gasteiger partial charge in [-0.05, 0) is 13.3 Å². The van der Waals surface area contributed by atoms with E-state index in [0.717, 1.165) is 19.5 Å². The van der Waals surface area contributed by atoms with Crippen LogP contribution in [0.5, 0.6) is 0 Å². The van der Waals surface area contributed by atoms with Crippen LogP contribution in [0.1, 0.15) is 56.3 Å². The van der Waals surface area contributed by atoms with Gasteiger partial charge in [-0.1, -0.05) is 20.8 Å². The molecule has 0 amide bonds. The standard InChI is InChI=1S/C13H21N3O2/c1-5-7-16(6-2)10-8-14-12(9(3)4)15-11(10)13(17)18/h8-9H,5-7H2,1-4H3,(H,17,18). The zero-order valence-corrected chi connectivity index (χ0v) is 11.5. The van der Waals surface area contributed by atoms with Crippen LogP contribution in [0.4, 0.5) is 5.69 Å². The molecule has 1 heterocycles. The summed E-state index contributed by atoms with van der Waals surface area (Å²) >= 11 is 0. The molecule has 0 spiro atoms. The van der Waals surface area contributed by atoms with Crippen LogP contribution < -0.4 is 4.90 Å². The van der Waals surface area contributed by atoms with E-state index in [0.29, 0.717) is 11.5 Å². The van der Waals surface area contributed by atoms with E-state index < -0.39 is 5.97 Å². The first-order valence-corrected chi connectivity index (χ1v) is 6.36. The summed E-state index contributed by atoms with van der Waals surface area (Å²) in [5, 5.41) is 9.27. The van der Waals surface area contributed by atoms with Crippen molar-refractivity contribution in [2.45, 2.75) is 40.0 Å². The highest BCUT2D eigenvalue weighted by molar-refractivity contribution is 5.92. The lowest BCUT2D eigenvalue weighted by Gasteiger charge is -2.23. The lowest BCUT2D eigenvalue weighted by Crippen LogP contribution is -2.26. The van der Waals surface area contributed by atoms with E-state index in [1.54, 1.807) is 6.20 Å². The summed E-state index contributed by atoms with van der Waals surface area (Å²) in [6, 6.07) is 0. The minimum atomic E-state index is -0.996. The predicted molar refractivity (Wildman–Crippen MR) is 71.3 cm³/mol. The molecule has 1 rings (SSSR count). The average Bonchev–Trinajstić information content (AvgIpc) is 2.35. The first kappa shape index (κ1) is 14.4. The summed E-state index contributed by atoms with van der Waals surface area (Å²) in [7, 11) is 0. The fourth-order valence-corrected chi connectivity index (χ4v) is 1.77. The fraction of sp³-hybridized carbons (Fsp3) is 0.615. The van der Waals surface area contributed by atoms with Gasteiger partial charge in [-0.15, -0.1) is 0 Å². The molecular weight excluding hydrogens is 230 g/mol. The first-order chi connectivity index (χ1) is 8.51. The Morgan fingerprint density at radius 3 is 2.56 bits per heavy atom. The molecule has 100 valence electrons. The summed E-state index contributed by atoms with van der Waals surface area (Å²) in [5.74, 6) is -0.300. The van der Waals surface area contributed by atoms with Crippen molar-refractivity contribution < 1.29 is 9.90 Å². The Bertz CT molecular complexity index is 419. The van der Waals surface area contributed by atoms with E-state index in [-0.39, 0.29) is 11.6 Å². The number of hydrogen-bond acceptors (Lipinski definition) is 4. The van der Waals surface area contributed by atoms with Crippen molar-refractivity contribution in [2.75, 3.05) is 18.0 Å². The van der Waals surface area contributed by atoms with Gasteiger partial charge in [-0.3, -0.25) is 0 Å². The van der Waals surface area contributed by atoms with Gasteiger partial charge in [-0.25, -0.2) is 14.8 Å². The number of carboxylic acid groups (broad SMARTS) is 1. The molecule has 0 saturated heterocycles. The third-order valence-corrected chi connectivity index (χ3v) is 2.72. The average molecular weight is 251 g/mol. The number of carboxylic acids is 1. The second-order valence-electron chi connectivity index (χ2n) is 4.50. The van der Waals surface area contributed by atoms with E-state index in [4.69, 9.17) is 0 Å². The zero-order valence-electron chi connectivity index (χ0n) is 11.5. The van der Waals surface area contributed by atoms with Crippen LogP contribution in [-0.2, 0) is 0 Å². The summed E-state index contributed by atoms with van der Waals surface area (Å²) in [6.07, 6.45) is 2.59. The molecule has 1 aromatic rings. The van der Waals surface area contributed by atoms with Crippen molar-refractivity contribution >= 4 is 11.7 Å². The van der Waals surface area contributed by atoms with Crippen LogP contribution in [-0.4, -0.2) is 34.1 Å². The van der Waals surface area contributed by atoms with Gasteiger partial charge in [0, 0.05) is 19.0 Å². The van der Waals surface area contributed by atoms with Crippen molar-refractivity contribution in [3.63, 3.8) is 0 Å². The molecule has 0 radical (unpaired) electrons. The predicted octanol–water partition coefficient (Wildman–Crippen LogP) is 2.53. The molecule has 0 aliphatic heterocycles. The van der Waals surface area contributed by atoms with Crippen molar-refractivity contribution in [3.05, 3.63) is 17.7 Å². The molecule has 0 saturated carbocycles. The van der Waals surface area contributed by atoms with Crippen LogP contribution in [0.15, 0.2) is 6.20 Å². The minimum absolute atomic E-state index is 0.101. The van der Waals surface area contributed by atoms with E-state index in [2.05, 4.69) is 16.9 Å². The van der Waals surface area contributed by atoms with Gasteiger partial charge >= 0.3 is 5.97 Å². The summed E-state index contributed by atoms with van der Waals surface area (Å²) < 4.78 is 0. The van der Waals surface area contributed by atoms with Crippen molar-refractivity contribution in [1.29, 1.82) is 0 Å². The molecule has 0 atom stereocenters. The Kier molecular flexibility index (Phi) is 5.07. The van der Waals surface area contributed by atoms with E-state index in [1.165, 1.54) is 0 Å². The molecule has 0 fully saturated rings. The van der Waals surface area contributed by atoms with Gasteiger partial charge in [0.2, 0.25) is 0 Å². The van der Waals surface area contributed by atoms with Gasteiger partial charge in [0.1, 0.15) is 5.82 Å². The van der Waals surface area contributed by atoms with Gasteiger partial charge in [-0.2, -0.15) is 0 Å². The second-order valence-corrected chi connectivity index (χ2v) is 4.50. The highest BCUT2D eigenvalue weighted by Gasteiger charge is 2.19. The van der Waals surface area contributed by atoms with Crippen LogP contribution in [0.3, 0.4) is 0 Å². The van der Waals surface area contributed by atoms with Crippen molar-refractivity contribution in [1.82, 2.24) is 9.97 Å². The lowest BCUT2D eigenvalue weighted by molar-refractivity contribution is 0.0690. The topological polar surface area (TPSA) is 66.3 Å². The Balaban J connectivity index is 3.21. The van der Waals surface area contributed by atoms with Crippen LogP contribution in [0.25, 0.3) is 0 Å². The monoisotopic (exact) mass is 251 g/mol. The molecular formula is C13H21N3O2. The summed E-state index contributed by atoms with van der Waals surface area (Å²) in [4.78, 5) is 21.7. The maximum atomic E-state index is 11.3. The van der Waals surface area contributed by atoms with E-state index in [1.807, 2.05) is 25.7 Å². The van der Waals surface area contributed by atoms with Gasteiger partial charge in [0.15, 0.2) is 5.69 Å². The Morgan fingerprint density at radius 1 is 1.44 bits per heavy atom. The highest BCUT2D eigenvalue weighted by atomic mass is 16.4. The van der Waals surface area contributed by atoms with Crippen molar-refractivity contribution in [3.8, 4) is 0 Å². The van der Waals surface area contributed by atoms with Crippen molar-refractivity contribution in [2.24, 2.45) is 0 Å². The molecule has 0 unspecified atom stereocenters. The van der Waals surface area contributed by atoms with Crippen LogP contribution in [0.2, 0.25) is 0 Å². The third-order valence-electron chi connectivity index (χ3n) is 2.72. The SMILES string of the molecule is CCCN(CC)c1cnc(C(C)C)nc1C(=O)O. The smallest absolute Gasteiger partial charge is 0.356 e. The maximum Gasteiger partial charge on any atom is 0.356 e. The molecule has 0 aliphatic carbocycles. The number of rotatable bonds is 6. The number of aromatic carboxylic acids is 1. The molecule has 1 aromatic heterocycles. The second kappa shape index (κ2) is 6.33. The van der Waals surface area contributed by atoms with Gasteiger partial charge in [0.05, 0.1) is 11.9 Å². The zero-order chi connectivity index (χ0) is 13.7. The van der Waals surface area contributed by atoms with E-state index in [9.17, 15) is 9.90 Å². The number of anilines is 1. The minimum Gasteiger partial charge on any atom is -0.476 e. The molecule has 0 aliphatic rings. The Hall–Kier alpha value is -1.65. The summed E-state index contributed by atoms with van der Waals surface area (Å²) in [6.45, 7) is 9.51. The number of nitrogens with zero attached hydrogens (tertiary/aromatic N) is 3. The number of aromatic nitrogens is 2. The first-order valence-electron chi connectivity index (χ1n) is 6.36. The maximum absolute atomic E-state index is 11.3. The number of carbonyl (C=O) groups is 1. The van der Waals surface area contributed by atoms with Gasteiger partial charge < -0.3 is 10.0 Å². The molecule has 18 heavy (non-hydrogen) atoms. The molecule has 0 aromatic carbocycles. The quantitative estimate of drug-likeness (QED) is 0.841. The molecule has 1 N–H and O–H groups in total. The van der Waals surface area contributed by atoms with Crippen LogP contribution >= 0.6 is 0 Å². The molecule has 5 nitrogen and oxygen atoms in total. The third kappa shape index (κ3) is 3.18. The molecule has 0 bridgehead atoms. The lowest BCUT2D eigenvalue weighted by atomic mass is 10.2.